The van der Waals surface area contributed by atoms with Crippen LogP contribution in [0, 0.1) is 0 Å². The molecule has 0 aromatic carbocycles. The summed E-state index contributed by atoms with van der Waals surface area (Å²) in [5, 5.41) is 0. The van der Waals surface area contributed by atoms with Gasteiger partial charge in [-0.2, -0.15) is 0 Å². The fourth-order valence-electron chi connectivity index (χ4n) is 0.392. The molecule has 0 bridgehead atoms. The highest BCUT2D eigenvalue weighted by molar-refractivity contribution is 4.81. The lowest BCUT2D eigenvalue weighted by molar-refractivity contribution is 0.590. The van der Waals surface area contributed by atoms with E-state index in [0.717, 1.165) is 13.0 Å². The molecule has 1 aliphatic rings. The highest BCUT2D eigenvalue weighted by atomic mass is 15.3. The van der Waals surface area contributed by atoms with Gasteiger partial charge in [0.1, 0.15) is 0 Å². The Morgan fingerprint density at radius 3 is 2.83 bits per heavy atom. The van der Waals surface area contributed by atoms with Crippen LogP contribution in [0.2, 0.25) is 0 Å². The van der Waals surface area contributed by atoms with Crippen LogP contribution in [0.5, 0.6) is 0 Å². The van der Waals surface area contributed by atoms with Crippen LogP contribution in [0.4, 0.5) is 0 Å². The van der Waals surface area contributed by atoms with Crippen molar-refractivity contribution in [2.45, 2.75) is 6.42 Å². The van der Waals surface area contributed by atoms with E-state index in [1.54, 1.807) is 0 Å². The number of nitrogens with zero attached hydrogens (tertiary/aromatic N) is 1. The molecule has 0 aliphatic carbocycles. The van der Waals surface area contributed by atoms with Crippen LogP contribution in [0.25, 0.3) is 0 Å². The van der Waals surface area contributed by atoms with Crippen molar-refractivity contribution in [1.29, 1.82) is 0 Å². The molecule has 0 saturated carbocycles. The molecule has 1 heterocycles. The molecule has 33 valence electrons. The normalized spacial score (nSPS) is 20.0. The molecule has 0 spiro atoms. The van der Waals surface area contributed by atoms with Crippen LogP contribution in [0.15, 0.2) is 12.3 Å². The summed E-state index contributed by atoms with van der Waals surface area (Å²) in [5.41, 5.74) is 6.57. The predicted molar refractivity (Wildman–Crippen MR) is 23.9 cm³/mol. The van der Waals surface area contributed by atoms with E-state index in [9.17, 15) is 0 Å². The minimum Gasteiger partial charge on any atom is -0.312 e. The maximum Gasteiger partial charge on any atom is 0.0393 e. The lowest BCUT2D eigenvalue weighted by Crippen LogP contribution is -2.22. The summed E-state index contributed by atoms with van der Waals surface area (Å²) < 4.78 is 0. The molecule has 0 atom stereocenters. The summed E-state index contributed by atoms with van der Waals surface area (Å²) in [7, 11) is 0. The number of nitrogens with one attached hydrogen (secondary N) is 1. The number of hydrogen-bond acceptors (Lipinski definition) is 1. The minimum absolute atomic E-state index is 0.927. The molecule has 1 N–H and O–H groups in total. The lowest BCUT2D eigenvalue weighted by Gasteiger charge is -2.01. The largest absolute Gasteiger partial charge is 0.312 e. The van der Waals surface area contributed by atoms with E-state index in [4.69, 9.17) is 0 Å². The third kappa shape index (κ3) is 0.723. The molecule has 0 aromatic heterocycles. The summed E-state index contributed by atoms with van der Waals surface area (Å²) in [6.45, 7) is 0.927. The van der Waals surface area contributed by atoms with Crippen molar-refractivity contribution < 1.29 is 0 Å². The summed E-state index contributed by atoms with van der Waals surface area (Å²) in [5.74, 6) is 0. The molecular weight excluding hydrogens is 76.1 g/mol. The van der Waals surface area contributed by atoms with E-state index in [-0.39, 0.29) is 0 Å². The first-order valence-electron chi connectivity index (χ1n) is 2.07. The smallest absolute Gasteiger partial charge is 0.0393 e. The Morgan fingerprint density at radius 1 is 1.67 bits per heavy atom. The molecule has 0 unspecified atom stereocenters. The van der Waals surface area contributed by atoms with Gasteiger partial charge in [0, 0.05) is 12.7 Å². The first kappa shape index (κ1) is 3.68. The van der Waals surface area contributed by atoms with E-state index in [1.807, 2.05) is 6.20 Å². The molecule has 2 heteroatoms. The van der Waals surface area contributed by atoms with Crippen molar-refractivity contribution in [3.05, 3.63) is 12.3 Å². The summed E-state index contributed by atoms with van der Waals surface area (Å²) in [4.78, 5) is 0. The topological polar surface area (TPSA) is 26.1 Å². The quantitative estimate of drug-likeness (QED) is 0.438. The van der Waals surface area contributed by atoms with E-state index in [1.165, 1.54) is 0 Å². The Balaban J connectivity index is 2.26. The molecule has 0 fully saturated rings. The second kappa shape index (κ2) is 1.82. The second-order valence-corrected chi connectivity index (χ2v) is 1.20. The second-order valence-electron chi connectivity index (χ2n) is 1.20. The van der Waals surface area contributed by atoms with Gasteiger partial charge >= 0.3 is 0 Å². The van der Waals surface area contributed by atoms with Gasteiger partial charge in [-0.25, -0.2) is 0 Å². The fraction of sp³-hybridized carbons (Fsp3) is 0.500. The van der Waals surface area contributed by atoms with E-state index in [2.05, 4.69) is 16.9 Å². The first-order valence-corrected chi connectivity index (χ1v) is 2.07. The zero-order valence-corrected chi connectivity index (χ0v) is 3.52. The molecule has 0 saturated heterocycles. The van der Waals surface area contributed by atoms with Crippen molar-refractivity contribution >= 4 is 0 Å². The van der Waals surface area contributed by atoms with Gasteiger partial charge in [0.25, 0.3) is 0 Å². The van der Waals surface area contributed by atoms with Gasteiger partial charge in [0.15, 0.2) is 0 Å². The maximum atomic E-state index is 3.84. The molecule has 6 heavy (non-hydrogen) atoms. The molecule has 1 radical (unpaired) electrons. The predicted octanol–water partition coefficient (Wildman–Crippen LogP) is 0.0128. The third-order valence-electron chi connectivity index (χ3n) is 0.691. The monoisotopic (exact) mass is 83.1 g/mol. The van der Waals surface area contributed by atoms with Crippen molar-refractivity contribution in [2.75, 3.05) is 6.54 Å². The van der Waals surface area contributed by atoms with Crippen molar-refractivity contribution in [2.24, 2.45) is 0 Å². The van der Waals surface area contributed by atoms with Gasteiger partial charge in [0.2, 0.25) is 0 Å². The summed E-state index contributed by atoms with van der Waals surface area (Å²) >= 11 is 0. The average molecular weight is 83.1 g/mol. The maximum absolute atomic E-state index is 3.84. The number of hydrogen-bond donors (Lipinski definition) is 1. The third-order valence-corrected chi connectivity index (χ3v) is 0.691. The molecule has 1 aliphatic heterocycles. The average Bonchev–Trinajstić information content (AvgIpc) is 1.72. The molecule has 0 amide bonds. The zero-order chi connectivity index (χ0) is 4.24. The molecular formula is C4H7N2. The first-order chi connectivity index (χ1) is 3.00. The molecule has 2 nitrogen and oxygen atoms in total. The summed E-state index contributed by atoms with van der Waals surface area (Å²) in [6.07, 6.45) is 5.00. The van der Waals surface area contributed by atoms with Gasteiger partial charge in [-0.05, 0) is 6.42 Å². The van der Waals surface area contributed by atoms with Crippen molar-refractivity contribution in [3.8, 4) is 0 Å². The fourth-order valence-corrected chi connectivity index (χ4v) is 0.392. The van der Waals surface area contributed by atoms with Gasteiger partial charge in [-0.15, -0.1) is 5.43 Å². The Labute approximate surface area is 37.2 Å². The Hall–Kier alpha value is -0.500. The van der Waals surface area contributed by atoms with E-state index in [0.29, 0.717) is 0 Å². The standard InChI is InChI=1S/C4H7N2/c1-2-4-6-5-3-1/h1,3,5H,2,4H2. The van der Waals surface area contributed by atoms with Crippen LogP contribution in [-0.2, 0) is 0 Å². The molecule has 1 rings (SSSR count). The van der Waals surface area contributed by atoms with Crippen molar-refractivity contribution in [1.82, 2.24) is 10.9 Å². The van der Waals surface area contributed by atoms with Crippen molar-refractivity contribution in [3.63, 3.8) is 0 Å². The minimum atomic E-state index is 0.927. The van der Waals surface area contributed by atoms with E-state index >= 15 is 0 Å². The highest BCUT2D eigenvalue weighted by Crippen LogP contribution is 1.81. The van der Waals surface area contributed by atoms with Gasteiger partial charge in [0.05, 0.1) is 0 Å². The lowest BCUT2D eigenvalue weighted by atomic mass is 10.4. The van der Waals surface area contributed by atoms with Crippen LogP contribution >= 0.6 is 0 Å². The number of rotatable bonds is 0. The van der Waals surface area contributed by atoms with Gasteiger partial charge < -0.3 is 5.43 Å². The molecule has 0 aromatic rings. The van der Waals surface area contributed by atoms with Gasteiger partial charge in [-0.1, -0.05) is 6.08 Å². The van der Waals surface area contributed by atoms with E-state index < -0.39 is 0 Å². The Morgan fingerprint density at radius 2 is 2.67 bits per heavy atom. The Bertz CT molecular complexity index is 50.6. The SMILES string of the molecule is C1=CN[N]CC1. The summed E-state index contributed by atoms with van der Waals surface area (Å²) in [6, 6.07) is 0. The van der Waals surface area contributed by atoms with Crippen LogP contribution in [0.3, 0.4) is 0 Å². The van der Waals surface area contributed by atoms with Crippen LogP contribution < -0.4 is 10.9 Å². The highest BCUT2D eigenvalue weighted by Gasteiger charge is 1.85. The van der Waals surface area contributed by atoms with Crippen LogP contribution in [-0.4, -0.2) is 6.54 Å². The van der Waals surface area contributed by atoms with Gasteiger partial charge in [-0.3, -0.25) is 0 Å². The van der Waals surface area contributed by atoms with Crippen LogP contribution in [0.1, 0.15) is 6.42 Å². The Kier molecular flexibility index (Phi) is 1.12. The zero-order valence-electron chi connectivity index (χ0n) is 3.52.